The molecule has 0 spiro atoms. The van der Waals surface area contributed by atoms with Crippen molar-refractivity contribution in [2.75, 3.05) is 19.7 Å². The highest BCUT2D eigenvalue weighted by Crippen LogP contribution is 2.30. The number of fused-ring (bicyclic) bond motifs is 1. The first-order valence-corrected chi connectivity index (χ1v) is 10.9. The fourth-order valence-electron chi connectivity index (χ4n) is 4.11. The van der Waals surface area contributed by atoms with E-state index in [0.29, 0.717) is 46.9 Å². The van der Waals surface area contributed by atoms with Crippen molar-refractivity contribution in [3.05, 3.63) is 64.0 Å². The Kier molecular flexibility index (Phi) is 6.46. The number of hydrogen-bond donors (Lipinski definition) is 1. The zero-order valence-corrected chi connectivity index (χ0v) is 18.3. The maximum absolute atomic E-state index is 13.0. The van der Waals surface area contributed by atoms with Gasteiger partial charge in [0.2, 0.25) is 11.2 Å². The Labute approximate surface area is 186 Å². The Balaban J connectivity index is 1.59. The number of aromatic hydroxyl groups is 1. The van der Waals surface area contributed by atoms with Gasteiger partial charge in [0, 0.05) is 13.1 Å². The number of nitrogens with zero attached hydrogens (tertiary/aromatic N) is 1. The average molecular weight is 437 g/mol. The number of benzene rings is 2. The fourth-order valence-corrected chi connectivity index (χ4v) is 4.11. The monoisotopic (exact) mass is 437 g/mol. The van der Waals surface area contributed by atoms with Crippen LogP contribution >= 0.6 is 0 Å². The van der Waals surface area contributed by atoms with Gasteiger partial charge < -0.3 is 19.0 Å². The summed E-state index contributed by atoms with van der Waals surface area (Å²) >= 11 is 0. The van der Waals surface area contributed by atoms with Crippen LogP contribution in [0.1, 0.15) is 42.6 Å². The molecule has 4 rings (SSSR count). The third-order valence-corrected chi connectivity index (χ3v) is 5.70. The van der Waals surface area contributed by atoms with Gasteiger partial charge >= 0.3 is 5.97 Å². The van der Waals surface area contributed by atoms with Gasteiger partial charge in [-0.25, -0.2) is 4.79 Å². The molecule has 1 aliphatic heterocycles. The van der Waals surface area contributed by atoms with Crippen LogP contribution in [0.4, 0.5) is 0 Å². The summed E-state index contributed by atoms with van der Waals surface area (Å²) in [6.45, 7) is 6.68. The molecule has 0 aliphatic carbocycles. The number of likely N-dealkylation sites (tertiary alicyclic amines) is 1. The second-order valence-electron chi connectivity index (χ2n) is 8.20. The standard InChI is InChI=1S/C25H27NO6/c1-3-30-25(29)17-6-8-18(9-7-17)32-22-15-31-24-19(23(22)28)10-11-21(27)20(24)14-26-12-4-5-16(2)13-26/h6-11,15-16,27H,3-5,12-14H2,1-2H3/t16-/m0/s1. The highest BCUT2D eigenvalue weighted by molar-refractivity contribution is 5.89. The van der Waals surface area contributed by atoms with Crippen LogP contribution in [0.5, 0.6) is 17.2 Å². The van der Waals surface area contributed by atoms with E-state index >= 15 is 0 Å². The second-order valence-corrected chi connectivity index (χ2v) is 8.20. The number of phenolic OH excluding ortho intramolecular Hbond substituents is 1. The molecule has 0 bridgehead atoms. The molecule has 2 heterocycles. The second kappa shape index (κ2) is 9.44. The minimum atomic E-state index is -0.417. The molecule has 1 atom stereocenters. The molecule has 0 amide bonds. The molecule has 7 heteroatoms. The predicted octanol–water partition coefficient (Wildman–Crippen LogP) is 4.70. The first kappa shape index (κ1) is 21.9. The molecule has 1 saturated heterocycles. The molecule has 1 aliphatic rings. The van der Waals surface area contributed by atoms with E-state index in [0.717, 1.165) is 19.5 Å². The zero-order valence-electron chi connectivity index (χ0n) is 18.3. The Bertz CT molecular complexity index is 1170. The van der Waals surface area contributed by atoms with Crippen LogP contribution in [0.25, 0.3) is 11.0 Å². The molecule has 1 N–H and O–H groups in total. The number of esters is 1. The van der Waals surface area contributed by atoms with E-state index in [4.69, 9.17) is 13.9 Å². The van der Waals surface area contributed by atoms with E-state index in [9.17, 15) is 14.7 Å². The molecular weight excluding hydrogens is 410 g/mol. The molecule has 2 aromatic carbocycles. The van der Waals surface area contributed by atoms with Gasteiger partial charge in [0.15, 0.2) is 0 Å². The number of carbonyl (C=O) groups is 1. The maximum atomic E-state index is 13.0. The van der Waals surface area contributed by atoms with Gasteiger partial charge in [0.1, 0.15) is 23.3 Å². The molecule has 0 saturated carbocycles. The van der Waals surface area contributed by atoms with Crippen molar-refractivity contribution in [3.63, 3.8) is 0 Å². The first-order chi connectivity index (χ1) is 15.5. The summed E-state index contributed by atoms with van der Waals surface area (Å²) in [5, 5.41) is 10.8. The summed E-state index contributed by atoms with van der Waals surface area (Å²) in [5.74, 6) is 0.723. The van der Waals surface area contributed by atoms with E-state index in [1.54, 1.807) is 37.3 Å². The number of ether oxygens (including phenoxy) is 2. The predicted molar refractivity (Wildman–Crippen MR) is 120 cm³/mol. The number of phenols is 1. The van der Waals surface area contributed by atoms with Gasteiger partial charge in [-0.3, -0.25) is 9.69 Å². The molecule has 1 aromatic heterocycles. The Morgan fingerprint density at radius 1 is 1.22 bits per heavy atom. The Morgan fingerprint density at radius 2 is 2.00 bits per heavy atom. The number of rotatable bonds is 6. The van der Waals surface area contributed by atoms with E-state index in [1.165, 1.54) is 18.8 Å². The third kappa shape index (κ3) is 4.62. The molecule has 0 radical (unpaired) electrons. The van der Waals surface area contributed by atoms with Crippen molar-refractivity contribution in [3.8, 4) is 17.2 Å². The molecule has 3 aromatic rings. The summed E-state index contributed by atoms with van der Waals surface area (Å²) in [6.07, 6.45) is 3.59. The topological polar surface area (TPSA) is 89.2 Å². The van der Waals surface area contributed by atoms with Crippen LogP contribution in [0.3, 0.4) is 0 Å². The van der Waals surface area contributed by atoms with Crippen molar-refractivity contribution < 1.29 is 23.8 Å². The number of carbonyl (C=O) groups excluding carboxylic acids is 1. The van der Waals surface area contributed by atoms with Crippen molar-refractivity contribution >= 4 is 16.9 Å². The van der Waals surface area contributed by atoms with Crippen LogP contribution in [-0.2, 0) is 11.3 Å². The molecule has 1 fully saturated rings. The lowest BCUT2D eigenvalue weighted by atomic mass is 9.99. The quantitative estimate of drug-likeness (QED) is 0.559. The first-order valence-electron chi connectivity index (χ1n) is 10.9. The molecule has 168 valence electrons. The van der Waals surface area contributed by atoms with E-state index in [1.807, 2.05) is 0 Å². The maximum Gasteiger partial charge on any atom is 0.338 e. The molecule has 7 nitrogen and oxygen atoms in total. The van der Waals surface area contributed by atoms with Gasteiger partial charge in [-0.05, 0) is 68.6 Å². The lowest BCUT2D eigenvalue weighted by Gasteiger charge is -2.31. The van der Waals surface area contributed by atoms with Gasteiger partial charge in [0.25, 0.3) is 0 Å². The molecule has 32 heavy (non-hydrogen) atoms. The van der Waals surface area contributed by atoms with Crippen molar-refractivity contribution in [2.45, 2.75) is 33.2 Å². The van der Waals surface area contributed by atoms with Gasteiger partial charge in [0.05, 0.1) is 23.1 Å². The van der Waals surface area contributed by atoms with E-state index in [2.05, 4.69) is 11.8 Å². The average Bonchev–Trinajstić information content (AvgIpc) is 2.78. The lowest BCUT2D eigenvalue weighted by molar-refractivity contribution is 0.0526. The third-order valence-electron chi connectivity index (χ3n) is 5.70. The van der Waals surface area contributed by atoms with Crippen molar-refractivity contribution in [2.24, 2.45) is 5.92 Å². The van der Waals surface area contributed by atoms with Crippen molar-refractivity contribution in [1.82, 2.24) is 4.90 Å². The zero-order chi connectivity index (χ0) is 22.7. The Morgan fingerprint density at radius 3 is 2.72 bits per heavy atom. The summed E-state index contributed by atoms with van der Waals surface area (Å²) in [4.78, 5) is 27.1. The minimum Gasteiger partial charge on any atom is -0.507 e. The fraction of sp³-hybridized carbons (Fsp3) is 0.360. The van der Waals surface area contributed by atoms with Crippen molar-refractivity contribution in [1.29, 1.82) is 0 Å². The van der Waals surface area contributed by atoms with Crippen LogP contribution in [0.15, 0.2) is 51.9 Å². The Hall–Kier alpha value is -3.32. The smallest absolute Gasteiger partial charge is 0.338 e. The highest BCUT2D eigenvalue weighted by atomic mass is 16.5. The van der Waals surface area contributed by atoms with Gasteiger partial charge in [-0.15, -0.1) is 0 Å². The lowest BCUT2D eigenvalue weighted by Crippen LogP contribution is -2.33. The SMILES string of the molecule is CCOC(=O)c1ccc(Oc2coc3c(CN4CCC[C@H](C)C4)c(O)ccc3c2=O)cc1. The summed E-state index contributed by atoms with van der Waals surface area (Å²) in [5.41, 5.74) is 1.06. The molecular formula is C25H27NO6. The highest BCUT2D eigenvalue weighted by Gasteiger charge is 2.21. The normalized spacial score (nSPS) is 16.8. The summed E-state index contributed by atoms with van der Waals surface area (Å²) < 4.78 is 16.5. The molecule has 0 unspecified atom stereocenters. The largest absolute Gasteiger partial charge is 0.507 e. The number of hydrogen-bond acceptors (Lipinski definition) is 7. The van der Waals surface area contributed by atoms with Crippen LogP contribution in [0, 0.1) is 5.92 Å². The summed E-state index contributed by atoms with van der Waals surface area (Å²) in [7, 11) is 0. The minimum absolute atomic E-state index is 0.0321. The van der Waals surface area contributed by atoms with Crippen LogP contribution in [-0.4, -0.2) is 35.7 Å². The van der Waals surface area contributed by atoms with Crippen LogP contribution < -0.4 is 10.2 Å². The van der Waals surface area contributed by atoms with Gasteiger partial charge in [-0.2, -0.15) is 0 Å². The number of piperidine rings is 1. The van der Waals surface area contributed by atoms with Crippen LogP contribution in [0.2, 0.25) is 0 Å². The summed E-state index contributed by atoms with van der Waals surface area (Å²) in [6, 6.07) is 9.41. The van der Waals surface area contributed by atoms with E-state index in [-0.39, 0.29) is 16.9 Å². The van der Waals surface area contributed by atoms with E-state index < -0.39 is 5.97 Å². The van der Waals surface area contributed by atoms with Gasteiger partial charge in [-0.1, -0.05) is 6.92 Å².